The van der Waals surface area contributed by atoms with Crippen LogP contribution in [0, 0.1) is 40.4 Å². The first-order valence-electron chi connectivity index (χ1n) is 11.5. The van der Waals surface area contributed by atoms with Crippen molar-refractivity contribution in [1.82, 2.24) is 5.32 Å². The van der Waals surface area contributed by atoms with Crippen molar-refractivity contribution < 1.29 is 19.8 Å². The van der Waals surface area contributed by atoms with Crippen LogP contribution in [0.5, 0.6) is 0 Å². The molecule has 3 N–H and O–H groups in total. The van der Waals surface area contributed by atoms with Crippen molar-refractivity contribution in [3.05, 3.63) is 11.6 Å². The number of carbonyl (C=O) groups excluding carboxylic acids is 1. The summed E-state index contributed by atoms with van der Waals surface area (Å²) in [5.41, 5.74) is 1.90. The Morgan fingerprint density at radius 2 is 1.93 bits per heavy atom. The molecule has 0 aliphatic heterocycles. The Kier molecular flexibility index (Phi) is 5.33. The fourth-order valence-electron chi connectivity index (χ4n) is 8.01. The summed E-state index contributed by atoms with van der Waals surface area (Å²) in [6.45, 7) is 6.54. The maximum absolute atomic E-state index is 12.6. The second-order valence-corrected chi connectivity index (χ2v) is 10.8. The molecular weight excluding hydrogens is 366 g/mol. The van der Waals surface area contributed by atoms with Crippen LogP contribution in [0.15, 0.2) is 11.6 Å². The molecule has 0 aromatic rings. The highest BCUT2D eigenvalue weighted by molar-refractivity contribution is 5.83. The van der Waals surface area contributed by atoms with Gasteiger partial charge < -0.3 is 15.5 Å². The van der Waals surface area contributed by atoms with Gasteiger partial charge in [-0.2, -0.15) is 0 Å². The van der Waals surface area contributed by atoms with E-state index in [2.05, 4.69) is 25.2 Å². The Morgan fingerprint density at radius 3 is 2.66 bits per heavy atom. The molecule has 3 saturated carbocycles. The summed E-state index contributed by atoms with van der Waals surface area (Å²) < 4.78 is 0. The summed E-state index contributed by atoms with van der Waals surface area (Å²) in [5.74, 6) is 1.10. The molecule has 0 aromatic carbocycles. The minimum absolute atomic E-state index is 0.111. The third kappa shape index (κ3) is 3.34. The van der Waals surface area contributed by atoms with Gasteiger partial charge in [-0.15, -0.1) is 0 Å². The molecule has 162 valence electrons. The molecule has 5 heteroatoms. The van der Waals surface area contributed by atoms with E-state index in [0.29, 0.717) is 23.7 Å². The Labute approximate surface area is 174 Å². The topological polar surface area (TPSA) is 86.6 Å². The second-order valence-electron chi connectivity index (χ2n) is 10.8. The van der Waals surface area contributed by atoms with E-state index in [1.165, 1.54) is 18.4 Å². The lowest BCUT2D eigenvalue weighted by molar-refractivity contribution is -0.139. The summed E-state index contributed by atoms with van der Waals surface area (Å²) in [7, 11) is 0. The standard InChI is InChI=1S/C24H37NO4/c1-14(22(29)25-13-21(27)28)18-6-7-19-17-5-4-15-12-16(26)8-10-23(15,2)20(17)9-11-24(18,19)3/h4,14,16-20,26H,5-13H2,1-3H3,(H,25,29)(H,27,28)/t14-,16-,17-,18+,19-,20-,23-,24+/m0/s1. The number of allylic oxidation sites excluding steroid dienone is 1. The summed E-state index contributed by atoms with van der Waals surface area (Å²) in [6.07, 6.45) is 10.9. The highest BCUT2D eigenvalue weighted by Gasteiger charge is 2.59. The van der Waals surface area contributed by atoms with Gasteiger partial charge in [0.2, 0.25) is 5.91 Å². The van der Waals surface area contributed by atoms with Crippen molar-refractivity contribution in [1.29, 1.82) is 0 Å². The van der Waals surface area contributed by atoms with Crippen molar-refractivity contribution in [2.75, 3.05) is 6.54 Å². The zero-order valence-electron chi connectivity index (χ0n) is 18.1. The Balaban J connectivity index is 1.53. The summed E-state index contributed by atoms with van der Waals surface area (Å²) >= 11 is 0. The molecule has 0 spiro atoms. The van der Waals surface area contributed by atoms with Crippen LogP contribution in [-0.2, 0) is 9.59 Å². The van der Waals surface area contributed by atoms with E-state index in [4.69, 9.17) is 5.11 Å². The number of rotatable bonds is 4. The minimum atomic E-state index is -0.989. The molecule has 0 heterocycles. The van der Waals surface area contributed by atoms with Crippen molar-refractivity contribution in [2.24, 2.45) is 40.4 Å². The molecule has 4 rings (SSSR count). The number of carboxylic acid groups (broad SMARTS) is 1. The number of hydrogen-bond acceptors (Lipinski definition) is 3. The van der Waals surface area contributed by atoms with E-state index in [9.17, 15) is 14.7 Å². The molecule has 29 heavy (non-hydrogen) atoms. The molecule has 1 amide bonds. The monoisotopic (exact) mass is 403 g/mol. The first kappa shape index (κ1) is 20.9. The zero-order valence-corrected chi connectivity index (χ0v) is 18.1. The largest absolute Gasteiger partial charge is 0.480 e. The van der Waals surface area contributed by atoms with E-state index in [1.807, 2.05) is 6.92 Å². The quantitative estimate of drug-likeness (QED) is 0.624. The minimum Gasteiger partial charge on any atom is -0.480 e. The van der Waals surface area contributed by atoms with Gasteiger partial charge in [0.1, 0.15) is 6.54 Å². The van der Waals surface area contributed by atoms with Gasteiger partial charge in [-0.3, -0.25) is 9.59 Å². The third-order valence-electron chi connectivity index (χ3n) is 9.58. The third-order valence-corrected chi connectivity index (χ3v) is 9.58. The van der Waals surface area contributed by atoms with Gasteiger partial charge in [-0.25, -0.2) is 0 Å². The van der Waals surface area contributed by atoms with Crippen LogP contribution in [0.2, 0.25) is 0 Å². The maximum Gasteiger partial charge on any atom is 0.322 e. The molecular formula is C24H37NO4. The van der Waals surface area contributed by atoms with Crippen molar-refractivity contribution in [3.63, 3.8) is 0 Å². The second kappa shape index (κ2) is 7.40. The van der Waals surface area contributed by atoms with Crippen LogP contribution in [-0.4, -0.2) is 34.7 Å². The number of fused-ring (bicyclic) bond motifs is 5. The summed E-state index contributed by atoms with van der Waals surface area (Å²) in [5, 5.41) is 21.6. The lowest BCUT2D eigenvalue weighted by Gasteiger charge is -2.58. The van der Waals surface area contributed by atoms with Crippen molar-refractivity contribution in [3.8, 4) is 0 Å². The fraction of sp³-hybridized carbons (Fsp3) is 0.833. The van der Waals surface area contributed by atoms with Gasteiger partial charge in [-0.1, -0.05) is 32.4 Å². The number of hydrogen-bond donors (Lipinski definition) is 3. The molecule has 0 aromatic heterocycles. The van der Waals surface area contributed by atoms with Crippen LogP contribution in [0.3, 0.4) is 0 Å². The number of aliphatic hydroxyl groups is 1. The first-order valence-corrected chi connectivity index (χ1v) is 11.5. The zero-order chi connectivity index (χ0) is 21.0. The number of aliphatic carboxylic acids is 1. The molecule has 5 nitrogen and oxygen atoms in total. The molecule has 8 atom stereocenters. The maximum atomic E-state index is 12.6. The Bertz CT molecular complexity index is 718. The van der Waals surface area contributed by atoms with E-state index < -0.39 is 5.97 Å². The number of aliphatic hydroxyl groups excluding tert-OH is 1. The van der Waals surface area contributed by atoms with Crippen LogP contribution in [0.25, 0.3) is 0 Å². The van der Waals surface area contributed by atoms with Crippen LogP contribution in [0.4, 0.5) is 0 Å². The molecule has 4 aliphatic rings. The van der Waals surface area contributed by atoms with Gasteiger partial charge in [-0.05, 0) is 85.9 Å². The number of carboxylic acids is 1. The molecule has 0 radical (unpaired) electrons. The van der Waals surface area contributed by atoms with Gasteiger partial charge in [0.05, 0.1) is 6.10 Å². The lowest BCUT2D eigenvalue weighted by Crippen LogP contribution is -2.51. The predicted molar refractivity (Wildman–Crippen MR) is 111 cm³/mol. The molecule has 0 bridgehead atoms. The van der Waals surface area contributed by atoms with E-state index in [-0.39, 0.29) is 35.3 Å². The Hall–Kier alpha value is -1.36. The van der Waals surface area contributed by atoms with Crippen molar-refractivity contribution >= 4 is 11.9 Å². The van der Waals surface area contributed by atoms with Crippen molar-refractivity contribution in [2.45, 2.75) is 78.2 Å². The van der Waals surface area contributed by atoms with Gasteiger partial charge in [0, 0.05) is 5.92 Å². The lowest BCUT2D eigenvalue weighted by atomic mass is 9.47. The van der Waals surface area contributed by atoms with E-state index in [0.717, 1.165) is 38.5 Å². The summed E-state index contributed by atoms with van der Waals surface area (Å²) in [6, 6.07) is 0. The molecule has 0 saturated heterocycles. The Morgan fingerprint density at radius 1 is 1.17 bits per heavy atom. The van der Waals surface area contributed by atoms with Gasteiger partial charge >= 0.3 is 5.97 Å². The highest BCUT2D eigenvalue weighted by Crippen LogP contribution is 2.67. The van der Waals surface area contributed by atoms with Gasteiger partial charge in [0.15, 0.2) is 0 Å². The summed E-state index contributed by atoms with van der Waals surface area (Å²) in [4.78, 5) is 23.4. The number of amides is 1. The van der Waals surface area contributed by atoms with Crippen LogP contribution in [0.1, 0.15) is 72.1 Å². The highest BCUT2D eigenvalue weighted by atomic mass is 16.4. The normalized spacial score (nSPS) is 44.7. The average molecular weight is 404 g/mol. The SMILES string of the molecule is C[C@H](C(=O)NCC(=O)O)[C@H]1CC[C@H]2[C@@H]3CC=C4C[C@@H](O)CC[C@]4(C)[C@H]3CC[C@]12C. The smallest absolute Gasteiger partial charge is 0.322 e. The fourth-order valence-corrected chi connectivity index (χ4v) is 8.01. The van der Waals surface area contributed by atoms with Crippen LogP contribution < -0.4 is 5.32 Å². The first-order chi connectivity index (χ1) is 13.7. The number of nitrogens with one attached hydrogen (secondary N) is 1. The van der Waals surface area contributed by atoms with E-state index >= 15 is 0 Å². The molecule has 4 aliphatic carbocycles. The number of carbonyl (C=O) groups is 2. The molecule has 3 fully saturated rings. The average Bonchev–Trinajstić information content (AvgIpc) is 3.03. The molecule has 0 unspecified atom stereocenters. The van der Waals surface area contributed by atoms with Gasteiger partial charge in [0.25, 0.3) is 0 Å². The van der Waals surface area contributed by atoms with E-state index in [1.54, 1.807) is 0 Å². The van der Waals surface area contributed by atoms with Crippen LogP contribution >= 0.6 is 0 Å². The predicted octanol–water partition coefficient (Wildman–Crippen LogP) is 3.76.